The number of aryl methyl sites for hydroxylation is 1. The molecule has 0 aliphatic carbocycles. The predicted octanol–water partition coefficient (Wildman–Crippen LogP) is 4.92. The van der Waals surface area contributed by atoms with Crippen molar-refractivity contribution in [2.24, 2.45) is 0 Å². The molecule has 8 nitrogen and oxygen atoms in total. The number of carbonyl (C=O) groups is 1. The first-order chi connectivity index (χ1) is 17.5. The first-order valence-electron chi connectivity index (χ1n) is 11.4. The van der Waals surface area contributed by atoms with Crippen LogP contribution in [0.2, 0.25) is 0 Å². The van der Waals surface area contributed by atoms with Gasteiger partial charge >= 0.3 is 0 Å². The van der Waals surface area contributed by atoms with Gasteiger partial charge < -0.3 is 9.73 Å². The van der Waals surface area contributed by atoms with Crippen molar-refractivity contribution in [3.63, 3.8) is 0 Å². The second-order valence-electron chi connectivity index (χ2n) is 8.33. The molecular weight excluding hydrogens is 474 g/mol. The number of aromatic nitrogens is 4. The van der Waals surface area contributed by atoms with Crippen molar-refractivity contribution in [1.29, 1.82) is 0 Å². The summed E-state index contributed by atoms with van der Waals surface area (Å²) in [4.78, 5) is 25.7. The van der Waals surface area contributed by atoms with E-state index in [0.29, 0.717) is 23.0 Å². The highest BCUT2D eigenvalue weighted by atomic mass is 32.2. The van der Waals surface area contributed by atoms with Crippen molar-refractivity contribution in [2.75, 3.05) is 5.32 Å². The molecule has 0 radical (unpaired) electrons. The van der Waals surface area contributed by atoms with Crippen molar-refractivity contribution >= 4 is 34.1 Å². The molecule has 5 rings (SSSR count). The van der Waals surface area contributed by atoms with E-state index in [1.165, 1.54) is 4.68 Å². The smallest absolute Gasteiger partial charge is 0.277 e. The molecular formula is C27H23N5O3S. The van der Waals surface area contributed by atoms with Crippen molar-refractivity contribution < 1.29 is 9.21 Å². The number of nitrogens with one attached hydrogen (secondary N) is 1. The number of amides is 1. The van der Waals surface area contributed by atoms with Crippen LogP contribution in [0.3, 0.4) is 0 Å². The average Bonchev–Trinajstić information content (AvgIpc) is 3.36. The first kappa shape index (κ1) is 23.5. The molecule has 0 aliphatic rings. The third kappa shape index (κ3) is 5.06. The summed E-state index contributed by atoms with van der Waals surface area (Å²) in [6, 6.07) is 24.4. The maximum absolute atomic E-state index is 13.1. The Morgan fingerprint density at radius 3 is 2.42 bits per heavy atom. The molecule has 0 spiro atoms. The van der Waals surface area contributed by atoms with Gasteiger partial charge in [-0.2, -0.15) is 5.10 Å². The molecule has 0 saturated heterocycles. The van der Waals surface area contributed by atoms with Crippen molar-refractivity contribution in [3.8, 4) is 11.6 Å². The van der Waals surface area contributed by atoms with Gasteiger partial charge in [0, 0.05) is 11.1 Å². The zero-order chi connectivity index (χ0) is 25.1. The molecule has 1 unspecified atom stereocenters. The van der Waals surface area contributed by atoms with E-state index >= 15 is 0 Å². The van der Waals surface area contributed by atoms with Crippen LogP contribution in [0.15, 0.2) is 93.3 Å². The van der Waals surface area contributed by atoms with Crippen LogP contribution in [-0.4, -0.2) is 31.1 Å². The fraction of sp³-hybridized carbons (Fsp3) is 0.148. The summed E-state index contributed by atoms with van der Waals surface area (Å²) in [6.07, 6.45) is 0. The van der Waals surface area contributed by atoms with Crippen molar-refractivity contribution in [2.45, 2.75) is 30.9 Å². The monoisotopic (exact) mass is 497 g/mol. The molecule has 3 aromatic carbocycles. The minimum Gasteiger partial charge on any atom is -0.409 e. The van der Waals surface area contributed by atoms with E-state index in [0.717, 1.165) is 28.6 Å². The highest BCUT2D eigenvalue weighted by Crippen LogP contribution is 2.29. The number of carbonyl (C=O) groups excluding carboxylic acids is 1. The van der Waals surface area contributed by atoms with E-state index in [1.54, 1.807) is 19.1 Å². The zero-order valence-corrected chi connectivity index (χ0v) is 20.5. The summed E-state index contributed by atoms with van der Waals surface area (Å²) in [6.45, 7) is 4.07. The lowest BCUT2D eigenvalue weighted by Gasteiger charge is -2.10. The summed E-state index contributed by atoms with van der Waals surface area (Å²) >= 11 is 1.16. The van der Waals surface area contributed by atoms with Gasteiger partial charge in [0.1, 0.15) is 0 Å². The van der Waals surface area contributed by atoms with Gasteiger partial charge in [-0.05, 0) is 37.6 Å². The van der Waals surface area contributed by atoms with E-state index in [1.807, 2.05) is 73.7 Å². The molecule has 1 amide bonds. The van der Waals surface area contributed by atoms with Crippen LogP contribution in [-0.2, 0) is 11.3 Å². The highest BCUT2D eigenvalue weighted by molar-refractivity contribution is 8.00. The second-order valence-corrected chi connectivity index (χ2v) is 9.62. The Morgan fingerprint density at radius 2 is 1.67 bits per heavy atom. The third-order valence-corrected chi connectivity index (χ3v) is 6.55. The van der Waals surface area contributed by atoms with Crippen molar-refractivity contribution in [1.82, 2.24) is 20.0 Å². The van der Waals surface area contributed by atoms with E-state index in [9.17, 15) is 9.59 Å². The lowest BCUT2D eigenvalue weighted by Crippen LogP contribution is -2.24. The van der Waals surface area contributed by atoms with Crippen LogP contribution in [0.5, 0.6) is 0 Å². The zero-order valence-electron chi connectivity index (χ0n) is 19.7. The van der Waals surface area contributed by atoms with Crippen LogP contribution in [0.4, 0.5) is 5.69 Å². The van der Waals surface area contributed by atoms with Crippen LogP contribution >= 0.6 is 11.8 Å². The van der Waals surface area contributed by atoms with E-state index in [4.69, 9.17) is 4.42 Å². The number of thioether (sulfide) groups is 1. The Balaban J connectivity index is 1.41. The summed E-state index contributed by atoms with van der Waals surface area (Å²) in [7, 11) is 0. The van der Waals surface area contributed by atoms with E-state index < -0.39 is 5.25 Å². The number of rotatable bonds is 7. The van der Waals surface area contributed by atoms with Gasteiger partial charge in [0.05, 0.1) is 17.2 Å². The molecule has 1 N–H and O–H groups in total. The Kier molecular flexibility index (Phi) is 6.64. The Morgan fingerprint density at radius 1 is 0.972 bits per heavy atom. The molecule has 180 valence electrons. The summed E-state index contributed by atoms with van der Waals surface area (Å²) < 4.78 is 7.30. The quantitative estimate of drug-likeness (QED) is 0.318. The Hall–Kier alpha value is -4.24. The van der Waals surface area contributed by atoms with Gasteiger partial charge in [0.15, 0.2) is 5.69 Å². The normalized spacial score (nSPS) is 11.9. The minimum atomic E-state index is -0.476. The molecule has 5 aromatic rings. The standard InChI is InChI=1S/C27H23N5O3S/c1-17-12-14-20(15-13-17)28-24(33)18(2)36-27-30-29-25(35-27)23-21-10-6-7-11-22(21)26(34)32(31-23)16-19-8-4-3-5-9-19/h3-15,18H,16H2,1-2H3,(H,28,33). The van der Waals surface area contributed by atoms with Crippen LogP contribution in [0, 0.1) is 6.92 Å². The largest absolute Gasteiger partial charge is 0.409 e. The lowest BCUT2D eigenvalue weighted by atomic mass is 10.1. The number of hydrogen-bond acceptors (Lipinski definition) is 7. The van der Waals surface area contributed by atoms with Gasteiger partial charge in [-0.15, -0.1) is 10.2 Å². The minimum absolute atomic E-state index is 0.177. The lowest BCUT2D eigenvalue weighted by molar-refractivity contribution is -0.115. The maximum atomic E-state index is 13.1. The molecule has 36 heavy (non-hydrogen) atoms. The van der Waals surface area contributed by atoms with Crippen LogP contribution < -0.4 is 10.9 Å². The third-order valence-electron chi connectivity index (χ3n) is 5.62. The number of fused-ring (bicyclic) bond motifs is 1. The summed E-state index contributed by atoms with van der Waals surface area (Å²) in [5.41, 5.74) is 3.00. The maximum Gasteiger partial charge on any atom is 0.277 e. The van der Waals surface area contributed by atoms with Crippen LogP contribution in [0.25, 0.3) is 22.4 Å². The number of anilines is 1. The fourth-order valence-corrected chi connectivity index (χ4v) is 4.38. The fourth-order valence-electron chi connectivity index (χ4n) is 3.70. The van der Waals surface area contributed by atoms with Gasteiger partial charge in [-0.3, -0.25) is 9.59 Å². The summed E-state index contributed by atoms with van der Waals surface area (Å²) in [5.74, 6) is 0.00485. The first-order valence-corrected chi connectivity index (χ1v) is 12.3. The van der Waals surface area contributed by atoms with Gasteiger partial charge in [0.2, 0.25) is 5.91 Å². The molecule has 0 saturated carbocycles. The molecule has 2 heterocycles. The topological polar surface area (TPSA) is 103 Å². The predicted molar refractivity (Wildman–Crippen MR) is 140 cm³/mol. The molecule has 0 fully saturated rings. The van der Waals surface area contributed by atoms with Gasteiger partial charge in [-0.25, -0.2) is 4.68 Å². The molecule has 0 aliphatic heterocycles. The number of hydrogen-bond donors (Lipinski definition) is 1. The van der Waals surface area contributed by atoms with Gasteiger partial charge in [0.25, 0.3) is 16.7 Å². The Bertz CT molecular complexity index is 1580. The Labute approximate surface area is 211 Å². The summed E-state index contributed by atoms with van der Waals surface area (Å²) in [5, 5.41) is 16.6. The molecule has 0 bridgehead atoms. The SMILES string of the molecule is Cc1ccc(NC(=O)C(C)Sc2nnc(-c3nn(Cc4ccccc4)c(=O)c4ccccc34)o2)cc1. The molecule has 1 atom stereocenters. The number of benzene rings is 3. The highest BCUT2D eigenvalue weighted by Gasteiger charge is 2.21. The number of nitrogens with zero attached hydrogens (tertiary/aromatic N) is 4. The second kappa shape index (κ2) is 10.2. The molecule has 2 aromatic heterocycles. The van der Waals surface area contributed by atoms with Crippen molar-refractivity contribution in [3.05, 3.63) is 100 Å². The van der Waals surface area contributed by atoms with Gasteiger partial charge in [-0.1, -0.05) is 78.0 Å². The molecule has 9 heteroatoms. The van der Waals surface area contributed by atoms with E-state index in [-0.39, 0.29) is 22.6 Å². The van der Waals surface area contributed by atoms with Crippen LogP contribution in [0.1, 0.15) is 18.1 Å². The average molecular weight is 498 g/mol. The van der Waals surface area contributed by atoms with E-state index in [2.05, 4.69) is 20.6 Å².